The maximum absolute atomic E-state index is 14.0. The molecule has 19 heavy (non-hydrogen) atoms. The molecule has 4 heteroatoms. The standard InChI is InChI=1S/C15H22BrF2N/c1-4-10(3)8-11(19-5-2)9-12-14(17)7-6-13(16)15(12)18/h6-7,10-11,19H,4-5,8-9H2,1-3H3. The van der Waals surface area contributed by atoms with Crippen LogP contribution in [0.1, 0.15) is 39.2 Å². The molecule has 1 rings (SSSR count). The second kappa shape index (κ2) is 7.95. The summed E-state index contributed by atoms with van der Waals surface area (Å²) in [4.78, 5) is 0. The van der Waals surface area contributed by atoms with E-state index in [-0.39, 0.29) is 11.6 Å². The highest BCUT2D eigenvalue weighted by molar-refractivity contribution is 9.10. The summed E-state index contributed by atoms with van der Waals surface area (Å²) in [5, 5.41) is 3.32. The second-order valence-electron chi connectivity index (χ2n) is 5.03. The average molecular weight is 334 g/mol. The van der Waals surface area contributed by atoms with Crippen molar-refractivity contribution in [1.82, 2.24) is 5.32 Å². The van der Waals surface area contributed by atoms with Gasteiger partial charge in [0.2, 0.25) is 0 Å². The minimum atomic E-state index is -0.480. The van der Waals surface area contributed by atoms with Crippen LogP contribution in [0.3, 0.4) is 0 Å². The van der Waals surface area contributed by atoms with E-state index in [1.165, 1.54) is 12.1 Å². The van der Waals surface area contributed by atoms with Gasteiger partial charge in [-0.2, -0.15) is 0 Å². The van der Waals surface area contributed by atoms with Gasteiger partial charge in [-0.25, -0.2) is 8.78 Å². The molecule has 0 amide bonds. The lowest BCUT2D eigenvalue weighted by molar-refractivity contribution is 0.388. The zero-order valence-corrected chi connectivity index (χ0v) is 13.4. The predicted octanol–water partition coefficient (Wildman–Crippen LogP) is 4.68. The molecule has 0 aliphatic heterocycles. The Kier molecular flexibility index (Phi) is 6.94. The molecule has 0 spiro atoms. The van der Waals surface area contributed by atoms with E-state index in [1.807, 2.05) is 6.92 Å². The smallest absolute Gasteiger partial charge is 0.143 e. The third-order valence-electron chi connectivity index (χ3n) is 3.47. The molecule has 0 saturated carbocycles. The summed E-state index contributed by atoms with van der Waals surface area (Å²) in [6, 6.07) is 2.83. The average Bonchev–Trinajstić information content (AvgIpc) is 2.39. The van der Waals surface area contributed by atoms with Crippen LogP contribution in [0, 0.1) is 17.6 Å². The molecule has 2 unspecified atom stereocenters. The molecular formula is C15H22BrF2N. The summed E-state index contributed by atoms with van der Waals surface area (Å²) < 4.78 is 28.1. The van der Waals surface area contributed by atoms with Crippen LogP contribution in [0.15, 0.2) is 16.6 Å². The topological polar surface area (TPSA) is 12.0 Å². The largest absolute Gasteiger partial charge is 0.314 e. The molecule has 0 fully saturated rings. The quantitative estimate of drug-likeness (QED) is 0.714. The van der Waals surface area contributed by atoms with Gasteiger partial charge in [-0.1, -0.05) is 27.2 Å². The van der Waals surface area contributed by atoms with Crippen LogP contribution < -0.4 is 5.32 Å². The maximum Gasteiger partial charge on any atom is 0.143 e. The van der Waals surface area contributed by atoms with Gasteiger partial charge in [0.15, 0.2) is 0 Å². The summed E-state index contributed by atoms with van der Waals surface area (Å²) in [6.07, 6.45) is 2.39. The van der Waals surface area contributed by atoms with E-state index in [2.05, 4.69) is 35.1 Å². The molecule has 1 nitrogen and oxygen atoms in total. The zero-order valence-electron chi connectivity index (χ0n) is 11.8. The second-order valence-corrected chi connectivity index (χ2v) is 5.88. The van der Waals surface area contributed by atoms with Gasteiger partial charge in [0.1, 0.15) is 11.6 Å². The SMILES string of the molecule is CCNC(Cc1c(F)ccc(Br)c1F)CC(C)CC. The molecule has 1 N–H and O–H groups in total. The van der Waals surface area contributed by atoms with Gasteiger partial charge in [0.05, 0.1) is 4.47 Å². The number of likely N-dealkylation sites (N-methyl/N-ethyl adjacent to an activating group) is 1. The van der Waals surface area contributed by atoms with E-state index in [0.29, 0.717) is 16.8 Å². The Bertz CT molecular complexity index is 409. The molecule has 1 aromatic rings. The number of benzene rings is 1. The highest BCUT2D eigenvalue weighted by Crippen LogP contribution is 2.24. The molecular weight excluding hydrogens is 312 g/mol. The van der Waals surface area contributed by atoms with Crippen LogP contribution in [-0.2, 0) is 6.42 Å². The highest BCUT2D eigenvalue weighted by Gasteiger charge is 2.18. The van der Waals surface area contributed by atoms with Crippen molar-refractivity contribution in [1.29, 1.82) is 0 Å². The van der Waals surface area contributed by atoms with Crippen molar-refractivity contribution in [3.05, 3.63) is 33.8 Å². The molecule has 0 aliphatic rings. The van der Waals surface area contributed by atoms with Gasteiger partial charge in [-0.3, -0.25) is 0 Å². The van der Waals surface area contributed by atoms with Gasteiger partial charge in [-0.15, -0.1) is 0 Å². The molecule has 108 valence electrons. The van der Waals surface area contributed by atoms with Crippen LogP contribution >= 0.6 is 15.9 Å². The minimum absolute atomic E-state index is 0.109. The number of nitrogens with one attached hydrogen (secondary N) is 1. The fourth-order valence-corrected chi connectivity index (χ4v) is 2.55. The molecule has 2 atom stereocenters. The lowest BCUT2D eigenvalue weighted by Gasteiger charge is -2.22. The fourth-order valence-electron chi connectivity index (χ4n) is 2.18. The van der Waals surface area contributed by atoms with E-state index in [4.69, 9.17) is 0 Å². The summed E-state index contributed by atoms with van der Waals surface area (Å²) in [5.74, 6) is -0.401. The van der Waals surface area contributed by atoms with E-state index >= 15 is 0 Å². The van der Waals surface area contributed by atoms with Crippen molar-refractivity contribution in [2.45, 2.75) is 46.1 Å². The van der Waals surface area contributed by atoms with Gasteiger partial charge < -0.3 is 5.32 Å². The summed E-state index contributed by atoms with van der Waals surface area (Å²) in [7, 11) is 0. The Morgan fingerprint density at radius 2 is 1.95 bits per heavy atom. The zero-order chi connectivity index (χ0) is 14.4. The first-order valence-corrected chi connectivity index (χ1v) is 7.64. The lowest BCUT2D eigenvalue weighted by atomic mass is 9.94. The normalized spacial score (nSPS) is 14.4. The Hall–Kier alpha value is -0.480. The van der Waals surface area contributed by atoms with Crippen LogP contribution in [-0.4, -0.2) is 12.6 Å². The molecule has 0 heterocycles. The maximum atomic E-state index is 14.0. The van der Waals surface area contributed by atoms with Crippen molar-refractivity contribution in [3.63, 3.8) is 0 Å². The minimum Gasteiger partial charge on any atom is -0.314 e. The van der Waals surface area contributed by atoms with Crippen molar-refractivity contribution in [3.8, 4) is 0 Å². The Morgan fingerprint density at radius 1 is 1.26 bits per heavy atom. The fraction of sp³-hybridized carbons (Fsp3) is 0.600. The van der Waals surface area contributed by atoms with Crippen LogP contribution in [0.5, 0.6) is 0 Å². The first kappa shape index (κ1) is 16.6. The number of halogens is 3. The molecule has 0 bridgehead atoms. The number of hydrogen-bond acceptors (Lipinski definition) is 1. The third kappa shape index (κ3) is 4.84. The third-order valence-corrected chi connectivity index (χ3v) is 4.08. The van der Waals surface area contributed by atoms with Crippen molar-refractivity contribution >= 4 is 15.9 Å². The van der Waals surface area contributed by atoms with Gasteiger partial charge in [0.25, 0.3) is 0 Å². The van der Waals surface area contributed by atoms with Crippen LogP contribution in [0.2, 0.25) is 0 Å². The molecule has 0 radical (unpaired) electrons. The summed E-state index contributed by atoms with van der Waals surface area (Å²) in [5.41, 5.74) is 0.170. The summed E-state index contributed by atoms with van der Waals surface area (Å²) >= 11 is 3.11. The van der Waals surface area contributed by atoms with Gasteiger partial charge in [-0.05, 0) is 53.4 Å². The molecule has 1 aromatic carbocycles. The predicted molar refractivity (Wildman–Crippen MR) is 79.3 cm³/mol. The Balaban J connectivity index is 2.87. The van der Waals surface area contributed by atoms with E-state index in [0.717, 1.165) is 19.4 Å². The molecule has 0 aliphatic carbocycles. The van der Waals surface area contributed by atoms with Gasteiger partial charge in [0, 0.05) is 11.6 Å². The first-order chi connectivity index (χ1) is 8.99. The number of rotatable bonds is 7. The summed E-state index contributed by atoms with van der Waals surface area (Å²) in [6.45, 7) is 7.11. The van der Waals surface area contributed by atoms with E-state index in [9.17, 15) is 8.78 Å². The highest BCUT2D eigenvalue weighted by atomic mass is 79.9. The Morgan fingerprint density at radius 3 is 2.53 bits per heavy atom. The number of hydrogen-bond donors (Lipinski definition) is 1. The first-order valence-electron chi connectivity index (χ1n) is 6.85. The van der Waals surface area contributed by atoms with Crippen LogP contribution in [0.25, 0.3) is 0 Å². The van der Waals surface area contributed by atoms with Crippen molar-refractivity contribution in [2.75, 3.05) is 6.54 Å². The Labute approximate surface area is 122 Å². The monoisotopic (exact) mass is 333 g/mol. The lowest BCUT2D eigenvalue weighted by Crippen LogP contribution is -2.33. The molecule has 0 saturated heterocycles. The van der Waals surface area contributed by atoms with Crippen molar-refractivity contribution < 1.29 is 8.78 Å². The van der Waals surface area contributed by atoms with Crippen LogP contribution in [0.4, 0.5) is 8.78 Å². The van der Waals surface area contributed by atoms with E-state index < -0.39 is 11.6 Å². The van der Waals surface area contributed by atoms with Crippen molar-refractivity contribution in [2.24, 2.45) is 5.92 Å². The van der Waals surface area contributed by atoms with Gasteiger partial charge >= 0.3 is 0 Å². The van der Waals surface area contributed by atoms with E-state index in [1.54, 1.807) is 0 Å². The molecule has 0 aromatic heterocycles.